The zero-order valence-corrected chi connectivity index (χ0v) is 14.8. The van der Waals surface area contributed by atoms with Crippen LogP contribution in [0.4, 0.5) is 0 Å². The monoisotopic (exact) mass is 339 g/mol. The zero-order chi connectivity index (χ0) is 18.2. The topological polar surface area (TPSA) is 79.0 Å². The van der Waals surface area contributed by atoms with Crippen molar-refractivity contribution >= 4 is 11.7 Å². The third-order valence-electron chi connectivity index (χ3n) is 4.35. The Morgan fingerprint density at radius 1 is 1.32 bits per heavy atom. The average Bonchev–Trinajstić information content (AvgIpc) is 3.00. The first kappa shape index (κ1) is 18.6. The Morgan fingerprint density at radius 3 is 2.60 bits per heavy atom. The maximum atomic E-state index is 10.5. The molecule has 0 amide bonds. The van der Waals surface area contributed by atoms with Gasteiger partial charge < -0.3 is 10.5 Å². The number of nitrogens with one attached hydrogen (secondary N) is 1. The van der Waals surface area contributed by atoms with E-state index in [9.17, 15) is 4.79 Å². The first-order valence-corrected chi connectivity index (χ1v) is 8.55. The minimum Gasteiger partial charge on any atom is -0.478 e. The summed E-state index contributed by atoms with van der Waals surface area (Å²) in [4.78, 5) is 10.5. The lowest BCUT2D eigenvalue weighted by atomic mass is 9.89. The third-order valence-corrected chi connectivity index (χ3v) is 4.35. The molecule has 0 aliphatic heterocycles. The van der Waals surface area contributed by atoms with E-state index in [-0.39, 0.29) is 5.92 Å². The standard InChI is InChI=1S/C20H25N3O2/c1-3-18(19(21)12-14-23-15(2)11-13-22-23)17-9-7-16(8-10-17)5-4-6-20(24)25/h4,6-11,13,18,21H,3,5,12,14H2,1-2H3,(H,24,25)/b6-4+,21-19?/t18-/m0/s1. The molecular weight excluding hydrogens is 314 g/mol. The summed E-state index contributed by atoms with van der Waals surface area (Å²) in [5.74, 6) is -0.817. The van der Waals surface area contributed by atoms with E-state index >= 15 is 0 Å². The SMILES string of the molecule is CC[C@H](C(=N)CCn1nccc1C)c1ccc(C/C=C/C(=O)O)cc1. The molecule has 0 aliphatic carbocycles. The van der Waals surface area contributed by atoms with Crippen LogP contribution in [-0.4, -0.2) is 26.6 Å². The number of aryl methyl sites for hydroxylation is 2. The summed E-state index contributed by atoms with van der Waals surface area (Å²) >= 11 is 0. The lowest BCUT2D eigenvalue weighted by Crippen LogP contribution is -2.15. The Hall–Kier alpha value is -2.69. The number of carboxylic acids is 1. The summed E-state index contributed by atoms with van der Waals surface area (Å²) in [5.41, 5.74) is 4.03. The maximum Gasteiger partial charge on any atom is 0.327 e. The highest BCUT2D eigenvalue weighted by Crippen LogP contribution is 2.23. The van der Waals surface area contributed by atoms with Gasteiger partial charge in [-0.3, -0.25) is 4.68 Å². The van der Waals surface area contributed by atoms with E-state index in [0.717, 1.165) is 41.6 Å². The molecule has 0 bridgehead atoms. The molecule has 2 aromatic rings. The molecule has 132 valence electrons. The number of rotatable bonds is 9. The molecule has 0 unspecified atom stereocenters. The molecule has 1 heterocycles. The molecule has 1 atom stereocenters. The van der Waals surface area contributed by atoms with Crippen molar-refractivity contribution in [3.05, 3.63) is 65.5 Å². The fraction of sp³-hybridized carbons (Fsp3) is 0.350. The highest BCUT2D eigenvalue weighted by molar-refractivity contribution is 5.88. The fourth-order valence-corrected chi connectivity index (χ4v) is 2.90. The second kappa shape index (κ2) is 8.97. The summed E-state index contributed by atoms with van der Waals surface area (Å²) < 4.78 is 1.93. The predicted octanol–water partition coefficient (Wildman–Crippen LogP) is 3.98. The molecule has 0 saturated heterocycles. The van der Waals surface area contributed by atoms with E-state index < -0.39 is 5.97 Å². The molecule has 0 saturated carbocycles. The van der Waals surface area contributed by atoms with E-state index in [1.54, 1.807) is 12.3 Å². The Balaban J connectivity index is 1.98. The van der Waals surface area contributed by atoms with Gasteiger partial charge in [0.25, 0.3) is 0 Å². The van der Waals surface area contributed by atoms with Crippen molar-refractivity contribution < 1.29 is 9.90 Å². The molecule has 25 heavy (non-hydrogen) atoms. The molecule has 2 N–H and O–H groups in total. The van der Waals surface area contributed by atoms with Crippen LogP contribution in [0.15, 0.2) is 48.7 Å². The van der Waals surface area contributed by atoms with E-state index in [4.69, 9.17) is 10.5 Å². The number of nitrogens with zero attached hydrogens (tertiary/aromatic N) is 2. The number of aliphatic carboxylic acids is 1. The van der Waals surface area contributed by atoms with Gasteiger partial charge in [-0.05, 0) is 37.0 Å². The summed E-state index contributed by atoms with van der Waals surface area (Å²) in [6, 6.07) is 10.1. The van der Waals surface area contributed by atoms with Crippen LogP contribution in [0.3, 0.4) is 0 Å². The molecule has 5 heteroatoms. The van der Waals surface area contributed by atoms with Crippen LogP contribution in [0.2, 0.25) is 0 Å². The number of hydrogen-bond donors (Lipinski definition) is 2. The molecule has 0 aliphatic rings. The highest BCUT2D eigenvalue weighted by atomic mass is 16.4. The normalized spacial score (nSPS) is 12.4. The van der Waals surface area contributed by atoms with Gasteiger partial charge in [0.15, 0.2) is 0 Å². The van der Waals surface area contributed by atoms with E-state index in [2.05, 4.69) is 12.0 Å². The van der Waals surface area contributed by atoms with Crippen molar-refractivity contribution in [1.82, 2.24) is 9.78 Å². The molecule has 2 rings (SSSR count). The molecule has 0 fully saturated rings. The second-order valence-corrected chi connectivity index (χ2v) is 6.12. The van der Waals surface area contributed by atoms with Gasteiger partial charge in [0, 0.05) is 42.6 Å². The number of carboxylic acid groups (broad SMARTS) is 1. The molecular formula is C20H25N3O2. The number of aromatic nitrogens is 2. The lowest BCUT2D eigenvalue weighted by molar-refractivity contribution is -0.131. The van der Waals surface area contributed by atoms with Crippen LogP contribution in [0.25, 0.3) is 0 Å². The van der Waals surface area contributed by atoms with Crippen molar-refractivity contribution in [3.8, 4) is 0 Å². The quantitative estimate of drug-likeness (QED) is 0.536. The van der Waals surface area contributed by atoms with Gasteiger partial charge in [0.1, 0.15) is 0 Å². The first-order valence-electron chi connectivity index (χ1n) is 8.55. The Labute approximate surface area is 148 Å². The molecule has 1 aromatic heterocycles. The minimum atomic E-state index is -0.927. The lowest BCUT2D eigenvalue weighted by Gasteiger charge is -2.17. The van der Waals surface area contributed by atoms with Crippen molar-refractivity contribution in [2.75, 3.05) is 0 Å². The van der Waals surface area contributed by atoms with Crippen molar-refractivity contribution in [3.63, 3.8) is 0 Å². The van der Waals surface area contributed by atoms with Crippen LogP contribution in [-0.2, 0) is 17.8 Å². The number of allylic oxidation sites excluding steroid dienone is 1. The van der Waals surface area contributed by atoms with E-state index in [1.807, 2.05) is 41.9 Å². The van der Waals surface area contributed by atoms with Gasteiger partial charge in [0.2, 0.25) is 0 Å². The van der Waals surface area contributed by atoms with Gasteiger partial charge >= 0.3 is 5.97 Å². The van der Waals surface area contributed by atoms with Gasteiger partial charge in [-0.2, -0.15) is 5.10 Å². The van der Waals surface area contributed by atoms with Gasteiger partial charge in [-0.25, -0.2) is 4.79 Å². The van der Waals surface area contributed by atoms with Crippen molar-refractivity contribution in [1.29, 1.82) is 5.41 Å². The van der Waals surface area contributed by atoms with Crippen LogP contribution in [0, 0.1) is 12.3 Å². The van der Waals surface area contributed by atoms with Gasteiger partial charge in [-0.15, -0.1) is 0 Å². The minimum absolute atomic E-state index is 0.111. The molecule has 5 nitrogen and oxygen atoms in total. The van der Waals surface area contributed by atoms with Gasteiger partial charge in [0.05, 0.1) is 0 Å². The Kier molecular flexibility index (Phi) is 6.69. The molecule has 0 spiro atoms. The zero-order valence-electron chi connectivity index (χ0n) is 14.8. The Morgan fingerprint density at radius 2 is 2.04 bits per heavy atom. The maximum absolute atomic E-state index is 10.5. The Bertz CT molecular complexity index is 745. The van der Waals surface area contributed by atoms with Gasteiger partial charge in [-0.1, -0.05) is 37.3 Å². The molecule has 1 aromatic carbocycles. The number of benzene rings is 1. The van der Waals surface area contributed by atoms with E-state index in [1.165, 1.54) is 0 Å². The summed E-state index contributed by atoms with van der Waals surface area (Å²) in [6.07, 6.45) is 6.76. The average molecular weight is 339 g/mol. The number of hydrogen-bond acceptors (Lipinski definition) is 3. The third kappa shape index (κ3) is 5.41. The summed E-state index contributed by atoms with van der Waals surface area (Å²) in [7, 11) is 0. The van der Waals surface area contributed by atoms with Crippen LogP contribution in [0.1, 0.15) is 42.5 Å². The second-order valence-electron chi connectivity index (χ2n) is 6.12. The van der Waals surface area contributed by atoms with Crippen LogP contribution >= 0.6 is 0 Å². The molecule has 0 radical (unpaired) electrons. The van der Waals surface area contributed by atoms with Crippen molar-refractivity contribution in [2.24, 2.45) is 0 Å². The highest BCUT2D eigenvalue weighted by Gasteiger charge is 2.15. The summed E-state index contributed by atoms with van der Waals surface area (Å²) in [6.45, 7) is 4.85. The summed E-state index contributed by atoms with van der Waals surface area (Å²) in [5, 5.41) is 21.3. The fourth-order valence-electron chi connectivity index (χ4n) is 2.90. The first-order chi connectivity index (χ1) is 12.0. The van der Waals surface area contributed by atoms with Crippen molar-refractivity contribution in [2.45, 2.75) is 45.6 Å². The van der Waals surface area contributed by atoms with Crippen LogP contribution < -0.4 is 0 Å². The smallest absolute Gasteiger partial charge is 0.327 e. The van der Waals surface area contributed by atoms with Crippen LogP contribution in [0.5, 0.6) is 0 Å². The van der Waals surface area contributed by atoms with E-state index in [0.29, 0.717) is 12.8 Å². The number of carbonyl (C=O) groups is 1. The largest absolute Gasteiger partial charge is 0.478 e. The predicted molar refractivity (Wildman–Crippen MR) is 99.3 cm³/mol.